The number of benzene rings is 1. The van der Waals surface area contributed by atoms with Crippen molar-refractivity contribution in [1.29, 1.82) is 0 Å². The first-order valence-electron chi connectivity index (χ1n) is 7.79. The van der Waals surface area contributed by atoms with Gasteiger partial charge in [-0.15, -0.1) is 0 Å². The number of thioether (sulfide) groups is 1. The molecular weight excluding hydrogens is 326 g/mol. The molecule has 6 nitrogen and oxygen atoms in total. The Hall–Kier alpha value is -2.15. The van der Waals surface area contributed by atoms with Gasteiger partial charge in [0.15, 0.2) is 0 Å². The summed E-state index contributed by atoms with van der Waals surface area (Å²) < 4.78 is 10.7. The van der Waals surface area contributed by atoms with E-state index in [9.17, 15) is 4.79 Å². The summed E-state index contributed by atoms with van der Waals surface area (Å²) in [5.41, 5.74) is 0.624. The summed E-state index contributed by atoms with van der Waals surface area (Å²) in [4.78, 5) is 18.8. The quantitative estimate of drug-likeness (QED) is 0.678. The van der Waals surface area contributed by atoms with E-state index >= 15 is 0 Å². The average molecular weight is 349 g/mol. The fraction of sp³-hybridized carbons (Fsp3) is 0.412. The smallest absolute Gasteiger partial charge is 0.252 e. The Labute approximate surface area is 146 Å². The van der Waals surface area contributed by atoms with E-state index in [0.717, 1.165) is 22.9 Å². The lowest BCUT2D eigenvalue weighted by Gasteiger charge is -2.10. The molecule has 7 heteroatoms. The molecule has 0 bridgehead atoms. The molecule has 2 aromatic rings. The van der Waals surface area contributed by atoms with Gasteiger partial charge in [0.25, 0.3) is 5.56 Å². The van der Waals surface area contributed by atoms with Gasteiger partial charge in [-0.05, 0) is 29.5 Å². The van der Waals surface area contributed by atoms with Crippen LogP contribution in [0.4, 0.5) is 5.95 Å². The summed E-state index contributed by atoms with van der Waals surface area (Å²) >= 11 is 1.75. The van der Waals surface area contributed by atoms with Crippen molar-refractivity contribution in [3.05, 3.63) is 46.4 Å². The van der Waals surface area contributed by atoms with Crippen LogP contribution in [0.5, 0.6) is 11.5 Å². The maximum absolute atomic E-state index is 11.7. The monoisotopic (exact) mass is 349 g/mol. The normalized spacial score (nSPS) is 10.7. The Morgan fingerprint density at radius 2 is 1.96 bits per heavy atom. The zero-order valence-electron chi connectivity index (χ0n) is 14.2. The average Bonchev–Trinajstić information content (AvgIpc) is 2.57. The number of aromatic nitrogens is 2. The highest BCUT2D eigenvalue weighted by Gasteiger charge is 2.03. The molecule has 2 rings (SSSR count). The summed E-state index contributed by atoms with van der Waals surface area (Å²) in [5, 5.41) is 3.58. The van der Waals surface area contributed by atoms with Gasteiger partial charge in [0.05, 0.1) is 19.3 Å². The van der Waals surface area contributed by atoms with Crippen LogP contribution in [-0.4, -0.2) is 35.5 Å². The molecule has 1 heterocycles. The van der Waals surface area contributed by atoms with Crippen molar-refractivity contribution in [3.63, 3.8) is 0 Å². The maximum Gasteiger partial charge on any atom is 0.252 e. The number of hydrogen-bond acceptors (Lipinski definition) is 6. The van der Waals surface area contributed by atoms with Crippen molar-refractivity contribution < 1.29 is 9.47 Å². The molecule has 0 fully saturated rings. The molecule has 0 aliphatic rings. The molecule has 24 heavy (non-hydrogen) atoms. The topological polar surface area (TPSA) is 76.2 Å². The predicted molar refractivity (Wildman–Crippen MR) is 98.3 cm³/mol. The van der Waals surface area contributed by atoms with Crippen molar-refractivity contribution in [2.75, 3.05) is 25.6 Å². The number of nitrogens with zero attached hydrogens (tertiary/aromatic N) is 1. The molecule has 1 aromatic carbocycles. The van der Waals surface area contributed by atoms with Crippen LogP contribution < -0.4 is 20.3 Å². The molecule has 0 aliphatic heterocycles. The van der Waals surface area contributed by atoms with Gasteiger partial charge in [0, 0.05) is 11.8 Å². The van der Waals surface area contributed by atoms with Gasteiger partial charge < -0.3 is 14.8 Å². The molecule has 0 atom stereocenters. The predicted octanol–water partition coefficient (Wildman–Crippen LogP) is 2.91. The van der Waals surface area contributed by atoms with Crippen molar-refractivity contribution in [2.24, 2.45) is 0 Å². The molecular formula is C17H23N3O3S. The summed E-state index contributed by atoms with van der Waals surface area (Å²) in [6.07, 6.45) is 0. The Bertz CT molecular complexity index is 686. The van der Waals surface area contributed by atoms with Crippen molar-refractivity contribution in [1.82, 2.24) is 9.97 Å². The maximum atomic E-state index is 11.7. The zero-order valence-corrected chi connectivity index (χ0v) is 15.0. The molecule has 0 radical (unpaired) electrons. The standard InChI is InChI=1S/C17H23N3O3S/c1-12(2)24-11-13-10-16(21)20-17(19-13)18-8-9-23-15-6-4-14(22-3)5-7-15/h4-7,10,12H,8-9,11H2,1-3H3,(H2,18,19,20,21). The molecule has 0 amide bonds. The minimum absolute atomic E-state index is 0.150. The van der Waals surface area contributed by atoms with Crippen molar-refractivity contribution in [2.45, 2.75) is 24.9 Å². The van der Waals surface area contributed by atoms with E-state index in [1.807, 2.05) is 24.3 Å². The highest BCUT2D eigenvalue weighted by molar-refractivity contribution is 7.99. The largest absolute Gasteiger partial charge is 0.497 e. The first kappa shape index (κ1) is 18.2. The van der Waals surface area contributed by atoms with Crippen LogP contribution in [0.1, 0.15) is 19.5 Å². The summed E-state index contributed by atoms with van der Waals surface area (Å²) in [6.45, 7) is 5.23. The lowest BCUT2D eigenvalue weighted by atomic mass is 10.3. The number of hydrogen-bond donors (Lipinski definition) is 2. The Morgan fingerprint density at radius 3 is 2.62 bits per heavy atom. The van der Waals surface area contributed by atoms with Crippen LogP contribution in [0.2, 0.25) is 0 Å². The van der Waals surface area contributed by atoms with Gasteiger partial charge in [0.1, 0.15) is 18.1 Å². The molecule has 2 N–H and O–H groups in total. The highest BCUT2D eigenvalue weighted by atomic mass is 32.2. The van der Waals surface area contributed by atoms with E-state index in [1.54, 1.807) is 18.9 Å². The van der Waals surface area contributed by atoms with Crippen LogP contribution >= 0.6 is 11.8 Å². The van der Waals surface area contributed by atoms with Crippen LogP contribution in [0.15, 0.2) is 35.1 Å². The Morgan fingerprint density at radius 1 is 1.25 bits per heavy atom. The molecule has 0 unspecified atom stereocenters. The third kappa shape index (κ3) is 6.16. The molecule has 130 valence electrons. The number of anilines is 1. The number of rotatable bonds is 9. The van der Waals surface area contributed by atoms with Gasteiger partial charge in [-0.25, -0.2) is 4.98 Å². The van der Waals surface area contributed by atoms with E-state index in [2.05, 4.69) is 29.1 Å². The first-order valence-corrected chi connectivity index (χ1v) is 8.84. The minimum atomic E-state index is -0.150. The molecule has 0 aliphatic carbocycles. The second kappa shape index (κ2) is 9.22. The second-order valence-corrected chi connectivity index (χ2v) is 6.96. The highest BCUT2D eigenvalue weighted by Crippen LogP contribution is 2.17. The molecule has 0 saturated carbocycles. The van der Waals surface area contributed by atoms with Crippen LogP contribution in [0.25, 0.3) is 0 Å². The Balaban J connectivity index is 1.81. The van der Waals surface area contributed by atoms with Gasteiger partial charge in [0.2, 0.25) is 5.95 Å². The third-order valence-electron chi connectivity index (χ3n) is 3.08. The number of ether oxygens (including phenoxy) is 2. The lowest BCUT2D eigenvalue weighted by Crippen LogP contribution is -2.18. The van der Waals surface area contributed by atoms with Crippen LogP contribution in [0, 0.1) is 0 Å². The third-order valence-corrected chi connectivity index (χ3v) is 4.21. The van der Waals surface area contributed by atoms with E-state index < -0.39 is 0 Å². The van der Waals surface area contributed by atoms with Gasteiger partial charge in [-0.3, -0.25) is 9.78 Å². The fourth-order valence-corrected chi connectivity index (χ4v) is 2.58. The SMILES string of the molecule is COc1ccc(OCCNc2nc(CSC(C)C)cc(=O)[nH]2)cc1. The lowest BCUT2D eigenvalue weighted by molar-refractivity contribution is 0.331. The Kier molecular flexibility index (Phi) is 6.99. The first-order chi connectivity index (χ1) is 11.6. The van der Waals surface area contributed by atoms with Gasteiger partial charge in [-0.1, -0.05) is 13.8 Å². The molecule has 0 spiro atoms. The fourth-order valence-electron chi connectivity index (χ4n) is 1.93. The number of H-pyrrole nitrogens is 1. The van der Waals surface area contributed by atoms with E-state index in [-0.39, 0.29) is 5.56 Å². The van der Waals surface area contributed by atoms with E-state index in [0.29, 0.717) is 24.3 Å². The minimum Gasteiger partial charge on any atom is -0.497 e. The summed E-state index contributed by atoms with van der Waals surface area (Å²) in [5.74, 6) is 2.75. The molecule has 1 aromatic heterocycles. The number of methoxy groups -OCH3 is 1. The van der Waals surface area contributed by atoms with Crippen LogP contribution in [0.3, 0.4) is 0 Å². The number of nitrogens with one attached hydrogen (secondary N) is 2. The second-order valence-electron chi connectivity index (χ2n) is 5.40. The van der Waals surface area contributed by atoms with E-state index in [4.69, 9.17) is 9.47 Å². The summed E-state index contributed by atoms with van der Waals surface area (Å²) in [6, 6.07) is 8.93. The van der Waals surface area contributed by atoms with Crippen LogP contribution in [-0.2, 0) is 5.75 Å². The number of aromatic amines is 1. The molecule has 0 saturated heterocycles. The zero-order chi connectivity index (χ0) is 17.4. The summed E-state index contributed by atoms with van der Waals surface area (Å²) in [7, 11) is 1.63. The van der Waals surface area contributed by atoms with Gasteiger partial charge in [-0.2, -0.15) is 11.8 Å². The van der Waals surface area contributed by atoms with Crippen molar-refractivity contribution in [3.8, 4) is 11.5 Å². The van der Waals surface area contributed by atoms with Crippen molar-refractivity contribution >= 4 is 17.7 Å². The van der Waals surface area contributed by atoms with E-state index in [1.165, 1.54) is 6.07 Å². The van der Waals surface area contributed by atoms with Gasteiger partial charge >= 0.3 is 0 Å².